The number of ether oxygens (including phenoxy) is 1. The second kappa shape index (κ2) is 8.59. The summed E-state index contributed by atoms with van der Waals surface area (Å²) in [5, 5.41) is 3.55. The minimum absolute atomic E-state index is 0.0708. The minimum Gasteiger partial charge on any atom is -0.491 e. The van der Waals surface area contributed by atoms with Crippen LogP contribution in [0.4, 0.5) is 0 Å². The van der Waals surface area contributed by atoms with Crippen molar-refractivity contribution in [1.82, 2.24) is 5.32 Å². The molecular weight excluding hydrogens is 310 g/mol. The van der Waals surface area contributed by atoms with Gasteiger partial charge in [0.05, 0.1) is 6.10 Å². The Kier molecular flexibility index (Phi) is 6.48. The molecule has 0 atom stereocenters. The van der Waals surface area contributed by atoms with Crippen molar-refractivity contribution in [2.45, 2.75) is 32.8 Å². The Labute approximate surface area is 142 Å². The van der Waals surface area contributed by atoms with Crippen molar-refractivity contribution in [3.8, 4) is 5.75 Å². The van der Waals surface area contributed by atoms with Crippen LogP contribution in [0, 0.1) is 0 Å². The first-order valence-electron chi connectivity index (χ1n) is 7.84. The standard InChI is InChI=1S/C19H22ClNO2/c1-14(2)23-18-7-3-5-15(13-18)6-4-12-21-19(22)16-8-10-17(20)11-9-16/h3,5,7-11,13-14H,4,6,12H2,1-2H3,(H,21,22). The summed E-state index contributed by atoms with van der Waals surface area (Å²) in [6, 6.07) is 15.0. The van der Waals surface area contributed by atoms with Gasteiger partial charge in [-0.2, -0.15) is 0 Å². The lowest BCUT2D eigenvalue weighted by Crippen LogP contribution is -2.24. The maximum atomic E-state index is 12.0. The Hall–Kier alpha value is -2.00. The third kappa shape index (κ3) is 5.95. The Morgan fingerprint density at radius 1 is 1.17 bits per heavy atom. The van der Waals surface area contributed by atoms with Crippen LogP contribution in [-0.2, 0) is 6.42 Å². The maximum Gasteiger partial charge on any atom is 0.251 e. The molecule has 0 saturated heterocycles. The van der Waals surface area contributed by atoms with Crippen LogP contribution in [0.15, 0.2) is 48.5 Å². The number of hydrogen-bond acceptors (Lipinski definition) is 2. The van der Waals surface area contributed by atoms with Gasteiger partial charge in [-0.1, -0.05) is 23.7 Å². The largest absolute Gasteiger partial charge is 0.491 e. The summed E-state index contributed by atoms with van der Waals surface area (Å²) in [6.07, 6.45) is 1.95. The van der Waals surface area contributed by atoms with Gasteiger partial charge in [0.15, 0.2) is 0 Å². The molecule has 0 unspecified atom stereocenters. The zero-order chi connectivity index (χ0) is 16.7. The predicted molar refractivity (Wildman–Crippen MR) is 94.3 cm³/mol. The highest BCUT2D eigenvalue weighted by atomic mass is 35.5. The van der Waals surface area contributed by atoms with E-state index >= 15 is 0 Å². The van der Waals surface area contributed by atoms with Gasteiger partial charge in [0.25, 0.3) is 5.91 Å². The molecule has 0 saturated carbocycles. The molecule has 0 bridgehead atoms. The van der Waals surface area contributed by atoms with Crippen LogP contribution in [0.3, 0.4) is 0 Å². The van der Waals surface area contributed by atoms with E-state index in [1.807, 2.05) is 26.0 Å². The average molecular weight is 332 g/mol. The molecule has 0 aliphatic heterocycles. The lowest BCUT2D eigenvalue weighted by Gasteiger charge is -2.11. The summed E-state index contributed by atoms with van der Waals surface area (Å²) in [5.41, 5.74) is 1.84. The number of carbonyl (C=O) groups is 1. The Bertz CT molecular complexity index is 638. The second-order valence-corrected chi connectivity index (χ2v) is 6.12. The average Bonchev–Trinajstić information content (AvgIpc) is 2.52. The van der Waals surface area contributed by atoms with Gasteiger partial charge in [0.1, 0.15) is 5.75 Å². The fraction of sp³-hybridized carbons (Fsp3) is 0.316. The van der Waals surface area contributed by atoms with E-state index in [1.165, 1.54) is 5.56 Å². The maximum absolute atomic E-state index is 12.0. The van der Waals surface area contributed by atoms with Crippen LogP contribution in [0.1, 0.15) is 36.2 Å². The highest BCUT2D eigenvalue weighted by Crippen LogP contribution is 2.16. The van der Waals surface area contributed by atoms with Crippen molar-refractivity contribution in [3.05, 3.63) is 64.7 Å². The van der Waals surface area contributed by atoms with Crippen LogP contribution >= 0.6 is 11.6 Å². The molecule has 1 amide bonds. The molecule has 122 valence electrons. The molecule has 2 aromatic carbocycles. The van der Waals surface area contributed by atoms with Gasteiger partial charge in [-0.05, 0) is 68.7 Å². The summed E-state index contributed by atoms with van der Waals surface area (Å²) >= 11 is 5.81. The van der Waals surface area contributed by atoms with E-state index in [9.17, 15) is 4.79 Å². The van der Waals surface area contributed by atoms with Gasteiger partial charge < -0.3 is 10.1 Å². The number of nitrogens with one attached hydrogen (secondary N) is 1. The highest BCUT2D eigenvalue weighted by molar-refractivity contribution is 6.30. The summed E-state index contributed by atoms with van der Waals surface area (Å²) in [7, 11) is 0. The Balaban J connectivity index is 1.77. The Morgan fingerprint density at radius 3 is 2.61 bits per heavy atom. The number of benzene rings is 2. The first kappa shape index (κ1) is 17.4. The molecule has 23 heavy (non-hydrogen) atoms. The zero-order valence-corrected chi connectivity index (χ0v) is 14.3. The Morgan fingerprint density at radius 2 is 1.91 bits per heavy atom. The second-order valence-electron chi connectivity index (χ2n) is 5.68. The molecule has 0 aliphatic carbocycles. The van der Waals surface area contributed by atoms with Crippen molar-refractivity contribution < 1.29 is 9.53 Å². The molecule has 4 heteroatoms. The third-order valence-corrected chi connectivity index (χ3v) is 3.56. The number of hydrogen-bond donors (Lipinski definition) is 1. The van der Waals surface area contributed by atoms with E-state index < -0.39 is 0 Å². The molecule has 0 aliphatic rings. The molecule has 0 heterocycles. The van der Waals surface area contributed by atoms with Crippen LogP contribution in [0.2, 0.25) is 5.02 Å². The van der Waals surface area contributed by atoms with Crippen molar-refractivity contribution in [1.29, 1.82) is 0 Å². The summed E-state index contributed by atoms with van der Waals surface area (Å²) < 4.78 is 5.69. The van der Waals surface area contributed by atoms with Crippen molar-refractivity contribution in [3.63, 3.8) is 0 Å². The van der Waals surface area contributed by atoms with Gasteiger partial charge in [0, 0.05) is 17.1 Å². The predicted octanol–water partition coefficient (Wildman–Crippen LogP) is 4.49. The zero-order valence-electron chi connectivity index (χ0n) is 13.5. The van der Waals surface area contributed by atoms with Crippen LogP contribution in [0.25, 0.3) is 0 Å². The van der Waals surface area contributed by atoms with Crippen LogP contribution in [-0.4, -0.2) is 18.6 Å². The minimum atomic E-state index is -0.0708. The van der Waals surface area contributed by atoms with Crippen LogP contribution < -0.4 is 10.1 Å². The molecule has 0 fully saturated rings. The van der Waals surface area contributed by atoms with Crippen molar-refractivity contribution in [2.24, 2.45) is 0 Å². The van der Waals surface area contributed by atoms with Crippen molar-refractivity contribution in [2.75, 3.05) is 6.54 Å². The first-order valence-corrected chi connectivity index (χ1v) is 8.22. The molecular formula is C19H22ClNO2. The fourth-order valence-electron chi connectivity index (χ4n) is 2.24. The fourth-order valence-corrected chi connectivity index (χ4v) is 2.37. The normalized spacial score (nSPS) is 10.6. The monoisotopic (exact) mass is 331 g/mol. The summed E-state index contributed by atoms with van der Waals surface area (Å²) in [5.74, 6) is 0.821. The van der Waals surface area contributed by atoms with Gasteiger partial charge in [0.2, 0.25) is 0 Å². The molecule has 3 nitrogen and oxygen atoms in total. The molecule has 0 radical (unpaired) electrons. The smallest absolute Gasteiger partial charge is 0.251 e. The molecule has 0 spiro atoms. The summed E-state index contributed by atoms with van der Waals surface area (Å²) in [4.78, 5) is 12.0. The number of carbonyl (C=O) groups excluding carboxylic acids is 1. The third-order valence-electron chi connectivity index (χ3n) is 3.30. The van der Waals surface area contributed by atoms with Gasteiger partial charge >= 0.3 is 0 Å². The molecule has 2 rings (SSSR count). The highest BCUT2D eigenvalue weighted by Gasteiger charge is 2.04. The van der Waals surface area contributed by atoms with E-state index in [-0.39, 0.29) is 12.0 Å². The SMILES string of the molecule is CC(C)Oc1cccc(CCCNC(=O)c2ccc(Cl)cc2)c1. The topological polar surface area (TPSA) is 38.3 Å². The van der Waals surface area contributed by atoms with E-state index in [2.05, 4.69) is 17.4 Å². The number of aryl methyl sites for hydroxylation is 1. The van der Waals surface area contributed by atoms with Gasteiger partial charge in [-0.3, -0.25) is 4.79 Å². The van der Waals surface area contributed by atoms with Gasteiger partial charge in [-0.25, -0.2) is 0 Å². The lowest BCUT2D eigenvalue weighted by molar-refractivity contribution is 0.0953. The number of halogens is 1. The number of rotatable bonds is 7. The first-order chi connectivity index (χ1) is 11.0. The molecule has 1 N–H and O–H groups in total. The molecule has 2 aromatic rings. The number of amides is 1. The van der Waals surface area contributed by atoms with E-state index in [0.717, 1.165) is 18.6 Å². The van der Waals surface area contributed by atoms with E-state index in [1.54, 1.807) is 24.3 Å². The van der Waals surface area contributed by atoms with Crippen molar-refractivity contribution >= 4 is 17.5 Å². The lowest BCUT2D eigenvalue weighted by atomic mass is 10.1. The quantitative estimate of drug-likeness (QED) is 0.759. The van der Waals surface area contributed by atoms with Gasteiger partial charge in [-0.15, -0.1) is 0 Å². The van der Waals surface area contributed by atoms with Crippen LogP contribution in [0.5, 0.6) is 5.75 Å². The van der Waals surface area contributed by atoms with E-state index in [0.29, 0.717) is 17.1 Å². The van der Waals surface area contributed by atoms with E-state index in [4.69, 9.17) is 16.3 Å². The molecule has 0 aromatic heterocycles. The summed E-state index contributed by atoms with van der Waals surface area (Å²) in [6.45, 7) is 4.66.